The van der Waals surface area contributed by atoms with Gasteiger partial charge in [-0.25, -0.2) is 13.1 Å². The molecule has 1 aromatic carbocycles. The van der Waals surface area contributed by atoms with Crippen LogP contribution in [-0.4, -0.2) is 40.3 Å². The van der Waals surface area contributed by atoms with Crippen LogP contribution in [0, 0.1) is 6.92 Å². The van der Waals surface area contributed by atoms with Gasteiger partial charge in [-0.3, -0.25) is 4.79 Å². The van der Waals surface area contributed by atoms with E-state index in [2.05, 4.69) is 10.0 Å². The summed E-state index contributed by atoms with van der Waals surface area (Å²) in [4.78, 5) is 13.7. The molecule has 0 radical (unpaired) electrons. The molecular formula is C18H24N2O4S2. The zero-order valence-corrected chi connectivity index (χ0v) is 16.6. The molecule has 142 valence electrons. The largest absolute Gasteiger partial charge is 0.494 e. The minimum absolute atomic E-state index is 0.118. The van der Waals surface area contributed by atoms with Crippen molar-refractivity contribution in [1.29, 1.82) is 0 Å². The third kappa shape index (κ3) is 7.55. The van der Waals surface area contributed by atoms with Crippen LogP contribution in [0.15, 0.2) is 36.4 Å². The van der Waals surface area contributed by atoms with E-state index in [9.17, 15) is 13.2 Å². The van der Waals surface area contributed by atoms with Gasteiger partial charge in [0.25, 0.3) is 5.91 Å². The smallest absolute Gasteiger partial charge is 0.261 e. The molecule has 1 aromatic heterocycles. The maximum atomic E-state index is 12.1. The van der Waals surface area contributed by atoms with Crippen molar-refractivity contribution in [3.8, 4) is 5.75 Å². The Kier molecular flexibility index (Phi) is 7.62. The van der Waals surface area contributed by atoms with Crippen LogP contribution in [0.4, 0.5) is 0 Å². The van der Waals surface area contributed by atoms with Crippen molar-refractivity contribution < 1.29 is 17.9 Å². The van der Waals surface area contributed by atoms with Gasteiger partial charge in [0, 0.05) is 18.0 Å². The number of hydrogen-bond donors (Lipinski definition) is 2. The summed E-state index contributed by atoms with van der Waals surface area (Å²) in [6.07, 6.45) is 2.41. The Hall–Kier alpha value is -1.90. The normalized spacial score (nSPS) is 11.3. The third-order valence-corrected chi connectivity index (χ3v) is 5.36. The molecule has 0 fully saturated rings. The van der Waals surface area contributed by atoms with Crippen LogP contribution in [-0.2, 0) is 16.4 Å². The van der Waals surface area contributed by atoms with Crippen molar-refractivity contribution in [2.45, 2.75) is 19.8 Å². The summed E-state index contributed by atoms with van der Waals surface area (Å²) in [5, 5.41) is 2.87. The predicted molar refractivity (Wildman–Crippen MR) is 104 cm³/mol. The van der Waals surface area contributed by atoms with E-state index in [-0.39, 0.29) is 5.91 Å². The van der Waals surface area contributed by atoms with Gasteiger partial charge in [-0.05, 0) is 49.6 Å². The second-order valence-electron chi connectivity index (χ2n) is 5.96. The van der Waals surface area contributed by atoms with Crippen molar-refractivity contribution in [3.05, 3.63) is 51.7 Å². The molecule has 0 saturated heterocycles. The number of aryl methyl sites for hydroxylation is 1. The van der Waals surface area contributed by atoms with Crippen LogP contribution in [0.5, 0.6) is 5.75 Å². The zero-order valence-electron chi connectivity index (χ0n) is 14.9. The van der Waals surface area contributed by atoms with Crippen LogP contribution < -0.4 is 14.8 Å². The van der Waals surface area contributed by atoms with Gasteiger partial charge >= 0.3 is 0 Å². The Morgan fingerprint density at radius 2 is 2.00 bits per heavy atom. The first-order valence-corrected chi connectivity index (χ1v) is 11.1. The van der Waals surface area contributed by atoms with Crippen molar-refractivity contribution in [1.82, 2.24) is 10.0 Å². The summed E-state index contributed by atoms with van der Waals surface area (Å²) >= 11 is 1.38. The van der Waals surface area contributed by atoms with Crippen LogP contribution in [0.1, 0.15) is 26.5 Å². The molecule has 0 saturated carbocycles. The molecule has 0 atom stereocenters. The Bertz CT molecular complexity index is 831. The fourth-order valence-corrected chi connectivity index (χ4v) is 3.65. The number of rotatable bonds is 10. The third-order valence-electron chi connectivity index (χ3n) is 3.49. The van der Waals surface area contributed by atoms with Crippen LogP contribution in [0.3, 0.4) is 0 Å². The van der Waals surface area contributed by atoms with Crippen molar-refractivity contribution in [2.75, 3.05) is 26.0 Å². The molecular weight excluding hydrogens is 372 g/mol. The fourth-order valence-electron chi connectivity index (χ4n) is 2.25. The number of carbonyl (C=O) groups excluding carboxylic acids is 1. The van der Waals surface area contributed by atoms with E-state index in [0.29, 0.717) is 31.0 Å². The minimum atomic E-state index is -3.18. The molecule has 26 heavy (non-hydrogen) atoms. The number of amides is 1. The number of thiophene rings is 1. The highest BCUT2D eigenvalue weighted by Crippen LogP contribution is 2.17. The highest BCUT2D eigenvalue weighted by atomic mass is 32.2. The second kappa shape index (κ2) is 9.70. The Balaban J connectivity index is 1.66. The van der Waals surface area contributed by atoms with Crippen molar-refractivity contribution >= 4 is 27.3 Å². The Labute approximate surface area is 158 Å². The highest BCUT2D eigenvalue weighted by molar-refractivity contribution is 7.88. The number of ether oxygens (including phenoxy) is 1. The minimum Gasteiger partial charge on any atom is -0.494 e. The molecule has 0 aliphatic rings. The Morgan fingerprint density at radius 3 is 2.73 bits per heavy atom. The monoisotopic (exact) mass is 396 g/mol. The lowest BCUT2D eigenvalue weighted by Gasteiger charge is -2.07. The molecule has 0 aliphatic carbocycles. The number of sulfonamides is 1. The lowest BCUT2D eigenvalue weighted by atomic mass is 10.2. The molecule has 0 aliphatic heterocycles. The molecule has 2 aromatic rings. The van der Waals surface area contributed by atoms with Gasteiger partial charge in [-0.15, -0.1) is 11.3 Å². The van der Waals surface area contributed by atoms with Crippen molar-refractivity contribution in [2.24, 2.45) is 0 Å². The van der Waals surface area contributed by atoms with E-state index in [4.69, 9.17) is 4.74 Å². The first-order chi connectivity index (χ1) is 12.3. The lowest BCUT2D eigenvalue weighted by Crippen LogP contribution is -2.24. The molecule has 0 unspecified atom stereocenters. The van der Waals surface area contributed by atoms with Crippen LogP contribution in [0.25, 0.3) is 0 Å². The van der Waals surface area contributed by atoms with E-state index >= 15 is 0 Å². The van der Waals surface area contributed by atoms with E-state index in [1.807, 2.05) is 37.3 Å². The molecule has 0 bridgehead atoms. The second-order valence-corrected chi connectivity index (χ2v) is 8.96. The number of hydrogen-bond acceptors (Lipinski definition) is 5. The molecule has 1 amide bonds. The average Bonchev–Trinajstić information content (AvgIpc) is 3.02. The topological polar surface area (TPSA) is 84.5 Å². The van der Waals surface area contributed by atoms with E-state index in [1.54, 1.807) is 6.07 Å². The van der Waals surface area contributed by atoms with Gasteiger partial charge < -0.3 is 10.1 Å². The quantitative estimate of drug-likeness (QED) is 0.604. The summed E-state index contributed by atoms with van der Waals surface area (Å²) in [5.41, 5.74) is 1.15. The molecule has 8 heteroatoms. The predicted octanol–water partition coefficient (Wildman–Crippen LogP) is 2.35. The van der Waals surface area contributed by atoms with Crippen LogP contribution in [0.2, 0.25) is 0 Å². The summed E-state index contributed by atoms with van der Waals surface area (Å²) in [6.45, 7) is 3.42. The van der Waals surface area contributed by atoms with E-state index in [1.165, 1.54) is 11.3 Å². The first kappa shape index (κ1) is 20.4. The summed E-state index contributed by atoms with van der Waals surface area (Å²) < 4.78 is 30.1. The first-order valence-electron chi connectivity index (χ1n) is 8.34. The van der Waals surface area contributed by atoms with Crippen molar-refractivity contribution in [3.63, 3.8) is 0 Å². The van der Waals surface area contributed by atoms with Gasteiger partial charge in [-0.2, -0.15) is 0 Å². The maximum Gasteiger partial charge on any atom is 0.261 e. The van der Waals surface area contributed by atoms with Gasteiger partial charge in [0.15, 0.2) is 0 Å². The summed E-state index contributed by atoms with van der Waals surface area (Å²) in [7, 11) is -3.18. The van der Waals surface area contributed by atoms with Gasteiger partial charge in [0.1, 0.15) is 5.75 Å². The van der Waals surface area contributed by atoms with E-state index in [0.717, 1.165) is 28.9 Å². The Morgan fingerprint density at radius 1 is 1.19 bits per heavy atom. The summed E-state index contributed by atoms with van der Waals surface area (Å²) in [6, 6.07) is 11.5. The van der Waals surface area contributed by atoms with E-state index < -0.39 is 10.0 Å². The number of nitrogens with one attached hydrogen (secondary N) is 2. The van der Waals surface area contributed by atoms with Crippen LogP contribution >= 0.6 is 11.3 Å². The lowest BCUT2D eigenvalue weighted by molar-refractivity contribution is 0.0955. The zero-order chi connectivity index (χ0) is 19.0. The SMILES string of the molecule is Cc1cccc(OCCCNC(=O)c2ccc(CCNS(C)(=O)=O)s2)c1. The maximum absolute atomic E-state index is 12.1. The number of benzene rings is 1. The van der Waals surface area contributed by atoms with Gasteiger partial charge in [-0.1, -0.05) is 12.1 Å². The molecule has 2 N–H and O–H groups in total. The molecule has 6 nitrogen and oxygen atoms in total. The fraction of sp³-hybridized carbons (Fsp3) is 0.389. The summed E-state index contributed by atoms with van der Waals surface area (Å²) in [5.74, 6) is 0.717. The van der Waals surface area contributed by atoms with Gasteiger partial charge in [0.2, 0.25) is 10.0 Å². The highest BCUT2D eigenvalue weighted by Gasteiger charge is 2.09. The number of carbonyl (C=O) groups is 1. The molecule has 2 rings (SSSR count). The average molecular weight is 397 g/mol. The molecule has 1 heterocycles. The molecule has 0 spiro atoms. The van der Waals surface area contributed by atoms with Gasteiger partial charge in [0.05, 0.1) is 17.7 Å². The standard InChI is InChI=1S/C18H24N2O4S2/c1-14-5-3-6-15(13-14)24-12-4-10-19-18(21)17-8-7-16(25-17)9-11-20-26(2,22)23/h3,5-8,13,20H,4,9-12H2,1-2H3,(H,19,21).